The molecular weight excluding hydrogens is 266 g/mol. The van der Waals surface area contributed by atoms with E-state index >= 15 is 0 Å². The van der Waals surface area contributed by atoms with Gasteiger partial charge < -0.3 is 19.7 Å². The average Bonchev–Trinajstić information content (AvgIpc) is 2.53. The number of rotatable bonds is 5. The molecular formula is C16H25N3O2. The Balaban J connectivity index is 1.39. The molecule has 2 aliphatic heterocycles. The minimum atomic E-state index is 0.646. The van der Waals surface area contributed by atoms with Crippen molar-refractivity contribution in [2.75, 3.05) is 59.5 Å². The molecule has 0 unspecified atom stereocenters. The summed E-state index contributed by atoms with van der Waals surface area (Å²) < 4.78 is 11.1. The molecule has 3 rings (SSSR count). The van der Waals surface area contributed by atoms with Crippen LogP contribution in [0.15, 0.2) is 18.2 Å². The van der Waals surface area contributed by atoms with Crippen LogP contribution in [0.4, 0.5) is 0 Å². The second-order valence-corrected chi connectivity index (χ2v) is 5.80. The third-order valence-corrected chi connectivity index (χ3v) is 4.14. The lowest BCUT2D eigenvalue weighted by Crippen LogP contribution is -2.46. The van der Waals surface area contributed by atoms with Crippen molar-refractivity contribution in [1.82, 2.24) is 15.1 Å². The van der Waals surface area contributed by atoms with E-state index in [1.165, 1.54) is 31.7 Å². The van der Waals surface area contributed by atoms with Gasteiger partial charge in [-0.1, -0.05) is 6.07 Å². The second-order valence-electron chi connectivity index (χ2n) is 5.80. The Morgan fingerprint density at radius 2 is 1.81 bits per heavy atom. The standard InChI is InChI=1S/C16H25N3O2/c1-18-6-8-19(9-7-18)5-4-17-13-14-2-3-15-16(12-14)21-11-10-20-15/h2-3,12,17H,4-11,13H2,1H3. The molecule has 1 aromatic rings. The lowest BCUT2D eigenvalue weighted by molar-refractivity contribution is 0.154. The molecule has 2 aliphatic rings. The first-order valence-electron chi connectivity index (χ1n) is 7.81. The number of hydrogen-bond acceptors (Lipinski definition) is 5. The van der Waals surface area contributed by atoms with Crippen molar-refractivity contribution in [3.63, 3.8) is 0 Å². The highest BCUT2D eigenvalue weighted by Crippen LogP contribution is 2.30. The van der Waals surface area contributed by atoms with Gasteiger partial charge in [-0.05, 0) is 24.7 Å². The molecule has 5 heteroatoms. The normalized spacial score (nSPS) is 19.7. The van der Waals surface area contributed by atoms with Gasteiger partial charge in [0.25, 0.3) is 0 Å². The number of likely N-dealkylation sites (N-methyl/N-ethyl adjacent to an activating group) is 1. The molecule has 0 atom stereocenters. The topological polar surface area (TPSA) is 37.0 Å². The Morgan fingerprint density at radius 3 is 2.62 bits per heavy atom. The molecule has 2 heterocycles. The third-order valence-electron chi connectivity index (χ3n) is 4.14. The SMILES string of the molecule is CN1CCN(CCNCc2ccc3c(c2)OCCO3)CC1. The van der Waals surface area contributed by atoms with E-state index in [2.05, 4.69) is 34.3 Å². The van der Waals surface area contributed by atoms with Gasteiger partial charge >= 0.3 is 0 Å². The molecule has 21 heavy (non-hydrogen) atoms. The van der Waals surface area contributed by atoms with Crippen LogP contribution in [-0.2, 0) is 6.54 Å². The summed E-state index contributed by atoms with van der Waals surface area (Å²) in [5, 5.41) is 3.52. The van der Waals surface area contributed by atoms with Crippen molar-refractivity contribution in [3.05, 3.63) is 23.8 Å². The predicted octanol–water partition coefficient (Wildman–Crippen LogP) is 0.795. The van der Waals surface area contributed by atoms with E-state index in [0.29, 0.717) is 13.2 Å². The fraction of sp³-hybridized carbons (Fsp3) is 0.625. The van der Waals surface area contributed by atoms with Gasteiger partial charge in [0.2, 0.25) is 0 Å². The van der Waals surface area contributed by atoms with Crippen LogP contribution in [0.3, 0.4) is 0 Å². The fourth-order valence-electron chi connectivity index (χ4n) is 2.74. The molecule has 0 aromatic heterocycles. The summed E-state index contributed by atoms with van der Waals surface area (Å²) >= 11 is 0. The molecule has 1 fully saturated rings. The smallest absolute Gasteiger partial charge is 0.161 e. The zero-order valence-electron chi connectivity index (χ0n) is 12.8. The summed E-state index contributed by atoms with van der Waals surface area (Å²) in [5.41, 5.74) is 1.25. The Bertz CT molecular complexity index is 459. The molecule has 116 valence electrons. The van der Waals surface area contributed by atoms with Crippen LogP contribution in [0.5, 0.6) is 11.5 Å². The van der Waals surface area contributed by atoms with E-state index in [0.717, 1.165) is 31.1 Å². The Morgan fingerprint density at radius 1 is 1.05 bits per heavy atom. The van der Waals surface area contributed by atoms with Crippen molar-refractivity contribution in [2.24, 2.45) is 0 Å². The van der Waals surface area contributed by atoms with Gasteiger partial charge in [-0.2, -0.15) is 0 Å². The zero-order valence-corrected chi connectivity index (χ0v) is 12.8. The number of ether oxygens (including phenoxy) is 2. The maximum atomic E-state index is 5.61. The van der Waals surface area contributed by atoms with E-state index in [1.54, 1.807) is 0 Å². The summed E-state index contributed by atoms with van der Waals surface area (Å²) in [6.07, 6.45) is 0. The highest BCUT2D eigenvalue weighted by molar-refractivity contribution is 5.43. The number of benzene rings is 1. The molecule has 0 spiro atoms. The molecule has 0 radical (unpaired) electrons. The fourth-order valence-corrected chi connectivity index (χ4v) is 2.74. The van der Waals surface area contributed by atoms with Gasteiger partial charge in [0.1, 0.15) is 13.2 Å². The Hall–Kier alpha value is -1.30. The summed E-state index contributed by atoms with van der Waals surface area (Å²) in [6, 6.07) is 6.19. The van der Waals surface area contributed by atoms with Crippen LogP contribution < -0.4 is 14.8 Å². The number of hydrogen-bond donors (Lipinski definition) is 1. The van der Waals surface area contributed by atoms with Gasteiger partial charge in [-0.25, -0.2) is 0 Å². The predicted molar refractivity (Wildman–Crippen MR) is 83.1 cm³/mol. The maximum absolute atomic E-state index is 5.61. The van der Waals surface area contributed by atoms with Crippen LogP contribution in [-0.4, -0.2) is 69.3 Å². The largest absolute Gasteiger partial charge is 0.486 e. The summed E-state index contributed by atoms with van der Waals surface area (Å²) in [5.74, 6) is 1.74. The highest BCUT2D eigenvalue weighted by atomic mass is 16.6. The van der Waals surface area contributed by atoms with E-state index in [4.69, 9.17) is 9.47 Å². The van der Waals surface area contributed by atoms with Crippen molar-refractivity contribution in [3.8, 4) is 11.5 Å². The van der Waals surface area contributed by atoms with Crippen LogP contribution in [0.25, 0.3) is 0 Å². The van der Waals surface area contributed by atoms with Crippen LogP contribution >= 0.6 is 0 Å². The summed E-state index contributed by atoms with van der Waals surface area (Å²) in [6.45, 7) is 9.05. The van der Waals surface area contributed by atoms with Crippen molar-refractivity contribution in [1.29, 1.82) is 0 Å². The Labute approximate surface area is 126 Å². The molecule has 1 aromatic carbocycles. The summed E-state index contributed by atoms with van der Waals surface area (Å²) in [4.78, 5) is 4.91. The minimum absolute atomic E-state index is 0.646. The lowest BCUT2D eigenvalue weighted by Gasteiger charge is -2.32. The number of nitrogens with zero attached hydrogens (tertiary/aromatic N) is 2. The van der Waals surface area contributed by atoms with Crippen molar-refractivity contribution in [2.45, 2.75) is 6.54 Å². The molecule has 5 nitrogen and oxygen atoms in total. The molecule has 0 amide bonds. The van der Waals surface area contributed by atoms with E-state index in [-0.39, 0.29) is 0 Å². The second kappa shape index (κ2) is 7.11. The maximum Gasteiger partial charge on any atom is 0.161 e. The van der Waals surface area contributed by atoms with Gasteiger partial charge in [-0.15, -0.1) is 0 Å². The van der Waals surface area contributed by atoms with Crippen LogP contribution in [0.2, 0.25) is 0 Å². The molecule has 1 N–H and O–H groups in total. The van der Waals surface area contributed by atoms with E-state index < -0.39 is 0 Å². The van der Waals surface area contributed by atoms with Crippen molar-refractivity contribution >= 4 is 0 Å². The first-order valence-corrected chi connectivity index (χ1v) is 7.81. The van der Waals surface area contributed by atoms with Crippen LogP contribution in [0.1, 0.15) is 5.56 Å². The molecule has 0 aliphatic carbocycles. The monoisotopic (exact) mass is 291 g/mol. The third kappa shape index (κ3) is 4.09. The Kier molecular flexibility index (Phi) is 4.95. The first-order chi connectivity index (χ1) is 10.3. The minimum Gasteiger partial charge on any atom is -0.486 e. The van der Waals surface area contributed by atoms with E-state index in [1.807, 2.05) is 6.07 Å². The van der Waals surface area contributed by atoms with Gasteiger partial charge in [0.15, 0.2) is 11.5 Å². The van der Waals surface area contributed by atoms with Crippen LogP contribution in [0, 0.1) is 0 Å². The van der Waals surface area contributed by atoms with E-state index in [9.17, 15) is 0 Å². The quantitative estimate of drug-likeness (QED) is 0.812. The van der Waals surface area contributed by atoms with Gasteiger partial charge in [0.05, 0.1) is 0 Å². The molecule has 0 saturated carbocycles. The first kappa shape index (κ1) is 14.6. The van der Waals surface area contributed by atoms with Gasteiger partial charge in [0, 0.05) is 45.8 Å². The summed E-state index contributed by atoms with van der Waals surface area (Å²) in [7, 11) is 2.19. The lowest BCUT2D eigenvalue weighted by atomic mass is 10.2. The highest BCUT2D eigenvalue weighted by Gasteiger charge is 2.13. The van der Waals surface area contributed by atoms with Gasteiger partial charge in [-0.3, -0.25) is 4.90 Å². The average molecular weight is 291 g/mol. The number of fused-ring (bicyclic) bond motifs is 1. The van der Waals surface area contributed by atoms with Crippen molar-refractivity contribution < 1.29 is 9.47 Å². The number of piperazine rings is 1. The molecule has 0 bridgehead atoms. The molecule has 1 saturated heterocycles. The zero-order chi connectivity index (χ0) is 14.5. The number of nitrogens with one attached hydrogen (secondary N) is 1.